The van der Waals surface area contributed by atoms with E-state index in [1.807, 2.05) is 19.9 Å². The van der Waals surface area contributed by atoms with Crippen LogP contribution in [0.4, 0.5) is 4.39 Å². The SMILES string of the molecule is C#Cc1cnc2c(F)cc(OC(SC)C(=O)NCC(=C)S/C(C)=C\C)cc2c1. The molecule has 28 heavy (non-hydrogen) atoms. The zero-order chi connectivity index (χ0) is 20.7. The molecule has 1 atom stereocenters. The summed E-state index contributed by atoms with van der Waals surface area (Å²) in [5.41, 5.74) is -0.0962. The Morgan fingerprint density at radius 2 is 2.25 bits per heavy atom. The topological polar surface area (TPSA) is 51.2 Å². The minimum Gasteiger partial charge on any atom is -0.470 e. The van der Waals surface area contributed by atoms with Gasteiger partial charge in [0, 0.05) is 34.7 Å². The molecule has 1 amide bonds. The van der Waals surface area contributed by atoms with Gasteiger partial charge in [-0.15, -0.1) is 18.2 Å². The lowest BCUT2D eigenvalue weighted by atomic mass is 10.1. The number of amides is 1. The van der Waals surface area contributed by atoms with Crippen molar-refractivity contribution in [2.24, 2.45) is 0 Å². The Morgan fingerprint density at radius 1 is 1.50 bits per heavy atom. The Bertz CT molecular complexity index is 967. The van der Waals surface area contributed by atoms with Crippen LogP contribution in [0.3, 0.4) is 0 Å². The standard InChI is InChI=1S/C21H21FN2O2S2/c1-6-13(3)28-14(4)11-24-20(25)21(27-5)26-17-9-16-8-15(7-2)12-23-19(16)18(22)10-17/h2,6,8-10,12,21H,4,11H2,1,3,5H3,(H,24,25)/b13-6-. The van der Waals surface area contributed by atoms with E-state index in [0.29, 0.717) is 17.5 Å². The number of fused-ring (bicyclic) bond motifs is 1. The molecule has 0 spiro atoms. The highest BCUT2D eigenvalue weighted by atomic mass is 32.2. The van der Waals surface area contributed by atoms with Gasteiger partial charge in [-0.1, -0.05) is 30.3 Å². The Labute approximate surface area is 173 Å². The molecule has 1 heterocycles. The molecule has 4 nitrogen and oxygen atoms in total. The van der Waals surface area contributed by atoms with Gasteiger partial charge >= 0.3 is 0 Å². The van der Waals surface area contributed by atoms with Crippen molar-refractivity contribution in [2.45, 2.75) is 19.3 Å². The second-order valence-electron chi connectivity index (χ2n) is 5.79. The quantitative estimate of drug-likeness (QED) is 0.499. The lowest BCUT2D eigenvalue weighted by molar-refractivity contribution is -0.124. The number of benzene rings is 1. The Morgan fingerprint density at radius 3 is 2.89 bits per heavy atom. The molecule has 146 valence electrons. The minimum absolute atomic E-state index is 0.198. The lowest BCUT2D eigenvalue weighted by Gasteiger charge is -2.17. The van der Waals surface area contributed by atoms with Crippen LogP contribution in [0.25, 0.3) is 10.9 Å². The second kappa shape index (κ2) is 10.2. The van der Waals surface area contributed by atoms with E-state index in [2.05, 4.69) is 22.8 Å². The monoisotopic (exact) mass is 416 g/mol. The van der Waals surface area contributed by atoms with Crippen LogP contribution in [-0.2, 0) is 4.79 Å². The van der Waals surface area contributed by atoms with E-state index in [4.69, 9.17) is 11.2 Å². The zero-order valence-electron chi connectivity index (χ0n) is 15.9. The molecule has 7 heteroatoms. The molecule has 0 saturated carbocycles. The van der Waals surface area contributed by atoms with E-state index in [9.17, 15) is 9.18 Å². The summed E-state index contributed by atoms with van der Waals surface area (Å²) in [6.45, 7) is 8.16. The molecular weight excluding hydrogens is 395 g/mol. The molecule has 0 saturated heterocycles. The average molecular weight is 417 g/mol. The third-order valence-corrected chi connectivity index (χ3v) is 5.45. The van der Waals surface area contributed by atoms with Crippen molar-refractivity contribution in [1.82, 2.24) is 10.3 Å². The first kappa shape index (κ1) is 21.9. The maximum atomic E-state index is 14.3. The Balaban J connectivity index is 2.10. The highest BCUT2D eigenvalue weighted by molar-refractivity contribution is 8.06. The fourth-order valence-corrected chi connectivity index (χ4v) is 3.47. The van der Waals surface area contributed by atoms with Crippen LogP contribution in [0.15, 0.2) is 46.9 Å². The van der Waals surface area contributed by atoms with Crippen LogP contribution in [0, 0.1) is 18.2 Å². The highest BCUT2D eigenvalue weighted by Gasteiger charge is 2.20. The number of ether oxygens (including phenoxy) is 1. The molecular formula is C21H21FN2O2S2. The molecule has 1 aromatic heterocycles. The first-order valence-electron chi connectivity index (χ1n) is 8.39. The predicted molar refractivity (Wildman–Crippen MR) is 117 cm³/mol. The summed E-state index contributed by atoms with van der Waals surface area (Å²) in [5.74, 6) is 1.84. The van der Waals surface area contributed by atoms with Crippen LogP contribution < -0.4 is 10.1 Å². The van der Waals surface area contributed by atoms with Gasteiger partial charge in [-0.05, 0) is 37.1 Å². The Kier molecular flexibility index (Phi) is 7.97. The smallest absolute Gasteiger partial charge is 0.272 e. The van der Waals surface area contributed by atoms with Crippen molar-refractivity contribution in [2.75, 3.05) is 12.8 Å². The summed E-state index contributed by atoms with van der Waals surface area (Å²) in [6.07, 6.45) is 10.5. The predicted octanol–water partition coefficient (Wildman–Crippen LogP) is 4.71. The van der Waals surface area contributed by atoms with Gasteiger partial charge in [0.25, 0.3) is 5.91 Å². The van der Waals surface area contributed by atoms with E-state index < -0.39 is 11.3 Å². The third-order valence-electron chi connectivity index (χ3n) is 3.72. The zero-order valence-corrected chi connectivity index (χ0v) is 17.5. The maximum Gasteiger partial charge on any atom is 0.272 e. The number of hydrogen-bond acceptors (Lipinski definition) is 5. The number of pyridine rings is 1. The van der Waals surface area contributed by atoms with E-state index in [-0.39, 0.29) is 17.2 Å². The number of rotatable bonds is 8. The Hall–Kier alpha value is -2.43. The van der Waals surface area contributed by atoms with Gasteiger partial charge in [-0.2, -0.15) is 0 Å². The first-order chi connectivity index (χ1) is 13.4. The summed E-state index contributed by atoms with van der Waals surface area (Å²) in [4.78, 5) is 18.4. The summed E-state index contributed by atoms with van der Waals surface area (Å²) in [5, 5.41) is 3.30. The number of nitrogens with one attached hydrogen (secondary N) is 1. The van der Waals surface area contributed by atoms with Crippen LogP contribution in [0.1, 0.15) is 19.4 Å². The van der Waals surface area contributed by atoms with Gasteiger partial charge in [0.1, 0.15) is 11.3 Å². The molecule has 2 rings (SSSR count). The summed E-state index contributed by atoms with van der Waals surface area (Å²) >= 11 is 2.71. The van der Waals surface area contributed by atoms with Crippen molar-refractivity contribution >= 4 is 40.3 Å². The molecule has 0 fully saturated rings. The normalized spacial score (nSPS) is 12.3. The fraction of sp³-hybridized carbons (Fsp3) is 0.238. The van der Waals surface area contributed by atoms with Crippen LogP contribution in [-0.4, -0.2) is 29.1 Å². The van der Waals surface area contributed by atoms with E-state index in [1.165, 1.54) is 35.8 Å². The van der Waals surface area contributed by atoms with Crippen molar-refractivity contribution in [3.8, 4) is 18.1 Å². The molecule has 0 radical (unpaired) electrons. The van der Waals surface area contributed by atoms with Crippen molar-refractivity contribution in [3.63, 3.8) is 0 Å². The molecule has 0 aliphatic heterocycles. The molecule has 1 unspecified atom stereocenters. The van der Waals surface area contributed by atoms with E-state index in [1.54, 1.807) is 18.4 Å². The minimum atomic E-state index is -0.832. The highest BCUT2D eigenvalue weighted by Crippen LogP contribution is 2.26. The molecule has 0 aliphatic carbocycles. The summed E-state index contributed by atoms with van der Waals surface area (Å²) in [6, 6.07) is 4.48. The van der Waals surface area contributed by atoms with Gasteiger partial charge in [-0.3, -0.25) is 9.78 Å². The maximum absolute atomic E-state index is 14.3. The van der Waals surface area contributed by atoms with Crippen LogP contribution in [0.5, 0.6) is 5.75 Å². The van der Waals surface area contributed by atoms with Gasteiger partial charge in [0.2, 0.25) is 5.44 Å². The molecule has 2 aromatic rings. The number of hydrogen-bond donors (Lipinski definition) is 1. The molecule has 0 aliphatic rings. The number of halogens is 1. The van der Waals surface area contributed by atoms with Gasteiger partial charge in [0.15, 0.2) is 5.82 Å². The first-order valence-corrected chi connectivity index (χ1v) is 10.5. The number of thioether (sulfide) groups is 2. The number of carbonyl (C=O) groups is 1. The number of carbonyl (C=O) groups excluding carboxylic acids is 1. The number of nitrogens with zero attached hydrogens (tertiary/aromatic N) is 1. The lowest BCUT2D eigenvalue weighted by Crippen LogP contribution is -2.36. The number of allylic oxidation sites excluding steroid dienone is 2. The van der Waals surface area contributed by atoms with Crippen molar-refractivity contribution < 1.29 is 13.9 Å². The third kappa shape index (κ3) is 5.78. The van der Waals surface area contributed by atoms with Crippen molar-refractivity contribution in [1.29, 1.82) is 0 Å². The van der Waals surface area contributed by atoms with Gasteiger partial charge < -0.3 is 10.1 Å². The second-order valence-corrected chi connectivity index (χ2v) is 8.11. The van der Waals surface area contributed by atoms with Gasteiger partial charge in [0.05, 0.1) is 0 Å². The van der Waals surface area contributed by atoms with Gasteiger partial charge in [-0.25, -0.2) is 4.39 Å². The summed E-state index contributed by atoms with van der Waals surface area (Å²) in [7, 11) is 0. The largest absolute Gasteiger partial charge is 0.470 e. The average Bonchev–Trinajstić information content (AvgIpc) is 2.69. The number of terminal acetylenes is 1. The molecule has 1 aromatic carbocycles. The van der Waals surface area contributed by atoms with Crippen molar-refractivity contribution in [3.05, 3.63) is 58.2 Å². The van der Waals surface area contributed by atoms with Crippen LogP contribution >= 0.6 is 23.5 Å². The summed E-state index contributed by atoms with van der Waals surface area (Å²) < 4.78 is 20.0. The fourth-order valence-electron chi connectivity index (χ4n) is 2.25. The van der Waals surface area contributed by atoms with E-state index >= 15 is 0 Å². The van der Waals surface area contributed by atoms with E-state index in [0.717, 1.165) is 9.81 Å². The number of aromatic nitrogens is 1. The molecule has 0 bridgehead atoms. The van der Waals surface area contributed by atoms with Crippen LogP contribution in [0.2, 0.25) is 0 Å². The molecule has 1 N–H and O–H groups in total.